The van der Waals surface area contributed by atoms with Crippen LogP contribution in [0.2, 0.25) is 0 Å². The van der Waals surface area contributed by atoms with Crippen LogP contribution in [0.5, 0.6) is 0 Å². The minimum absolute atomic E-state index is 0.0799. The van der Waals surface area contributed by atoms with Crippen LogP contribution < -0.4 is 0 Å². The van der Waals surface area contributed by atoms with Crippen LogP contribution in [0.25, 0.3) is 0 Å². The zero-order valence-electron chi connectivity index (χ0n) is 3.98. The Morgan fingerprint density at radius 3 is 2.57 bits per heavy atom. The molecule has 0 saturated heterocycles. The van der Waals surface area contributed by atoms with Gasteiger partial charge in [0.2, 0.25) is 0 Å². The molecule has 0 N–H and O–H groups in total. The van der Waals surface area contributed by atoms with Gasteiger partial charge in [-0.3, -0.25) is 0 Å². The molecule has 0 aromatic heterocycles. The number of hydrogen-bond acceptors (Lipinski definition) is 1. The van der Waals surface area contributed by atoms with Crippen molar-refractivity contribution < 1.29 is 9.13 Å². The van der Waals surface area contributed by atoms with Crippen molar-refractivity contribution in [1.29, 1.82) is 0 Å². The van der Waals surface area contributed by atoms with Gasteiger partial charge in [-0.1, -0.05) is 13.2 Å². The molecule has 0 spiro atoms. The van der Waals surface area contributed by atoms with Crippen molar-refractivity contribution in [2.75, 3.05) is 6.61 Å². The molecule has 0 aliphatic heterocycles. The van der Waals surface area contributed by atoms with Gasteiger partial charge in [0.1, 0.15) is 12.4 Å². The Hall–Kier alpha value is -0.790. The predicted molar refractivity (Wildman–Crippen MR) is 26.4 cm³/mol. The van der Waals surface area contributed by atoms with Crippen molar-refractivity contribution in [3.63, 3.8) is 0 Å². The lowest BCUT2D eigenvalue weighted by molar-refractivity contribution is 0.257. The van der Waals surface area contributed by atoms with Crippen LogP contribution in [-0.4, -0.2) is 6.61 Å². The van der Waals surface area contributed by atoms with Crippen LogP contribution in [0.15, 0.2) is 25.2 Å². The van der Waals surface area contributed by atoms with Crippen molar-refractivity contribution in [2.45, 2.75) is 0 Å². The summed E-state index contributed by atoms with van der Waals surface area (Å²) < 4.78 is 15.9. The quantitative estimate of drug-likeness (QED) is 0.492. The Labute approximate surface area is 42.1 Å². The molecule has 0 aliphatic carbocycles. The first-order valence-electron chi connectivity index (χ1n) is 1.83. The maximum Gasteiger partial charge on any atom is 0.138 e. The second-order valence-corrected chi connectivity index (χ2v) is 0.995. The number of hydrogen-bond donors (Lipinski definition) is 0. The fraction of sp³-hybridized carbons (Fsp3) is 0.200. The first-order chi connectivity index (χ1) is 3.27. The van der Waals surface area contributed by atoms with E-state index < -0.39 is 5.83 Å². The molecular weight excluding hydrogens is 95.1 g/mol. The van der Waals surface area contributed by atoms with Gasteiger partial charge in [0, 0.05) is 0 Å². The number of rotatable bonds is 3. The van der Waals surface area contributed by atoms with Crippen molar-refractivity contribution in [3.8, 4) is 0 Å². The zero-order valence-corrected chi connectivity index (χ0v) is 3.98. The lowest BCUT2D eigenvalue weighted by atomic mass is 10.6. The van der Waals surface area contributed by atoms with E-state index in [0.717, 1.165) is 0 Å². The van der Waals surface area contributed by atoms with E-state index in [1.54, 1.807) is 0 Å². The second-order valence-electron chi connectivity index (χ2n) is 0.995. The van der Waals surface area contributed by atoms with Crippen LogP contribution in [0.1, 0.15) is 0 Å². The summed E-state index contributed by atoms with van der Waals surface area (Å²) >= 11 is 0. The summed E-state index contributed by atoms with van der Waals surface area (Å²) in [4.78, 5) is 0. The minimum atomic E-state index is -0.486. The Balaban J connectivity index is 2.97. The summed E-state index contributed by atoms with van der Waals surface area (Å²) in [6.45, 7) is 6.08. The summed E-state index contributed by atoms with van der Waals surface area (Å²) in [6.07, 6.45) is 1.17. The fourth-order valence-electron chi connectivity index (χ4n) is 0.149. The van der Waals surface area contributed by atoms with Gasteiger partial charge in [-0.15, -0.1) is 0 Å². The van der Waals surface area contributed by atoms with Gasteiger partial charge in [0.05, 0.1) is 6.26 Å². The lowest BCUT2D eigenvalue weighted by Gasteiger charge is -1.91. The average molecular weight is 102 g/mol. The first-order valence-corrected chi connectivity index (χ1v) is 1.83. The maximum atomic E-state index is 11.5. The van der Waals surface area contributed by atoms with Crippen LogP contribution in [0.3, 0.4) is 0 Å². The van der Waals surface area contributed by atoms with Gasteiger partial charge < -0.3 is 4.74 Å². The molecule has 0 rings (SSSR count). The zero-order chi connectivity index (χ0) is 5.70. The lowest BCUT2D eigenvalue weighted by Crippen LogP contribution is -1.83. The third kappa shape index (κ3) is 5.21. The molecule has 0 atom stereocenters. The Kier molecular flexibility index (Phi) is 3.02. The fourth-order valence-corrected chi connectivity index (χ4v) is 0.149. The molecule has 0 saturated carbocycles. The molecule has 0 unspecified atom stereocenters. The normalized spacial score (nSPS) is 7.57. The number of ether oxygens (including phenoxy) is 1. The Bertz CT molecular complexity index is 78.1. The van der Waals surface area contributed by atoms with Crippen molar-refractivity contribution in [2.24, 2.45) is 0 Å². The molecule has 0 amide bonds. The standard InChI is InChI=1S/C5H7FO/c1-3-7-4-5(2)6/h3H,1-2,4H2. The molecule has 7 heavy (non-hydrogen) atoms. The highest BCUT2D eigenvalue weighted by atomic mass is 19.1. The van der Waals surface area contributed by atoms with E-state index in [9.17, 15) is 4.39 Å². The summed E-state index contributed by atoms with van der Waals surface area (Å²) in [5.74, 6) is -0.486. The molecule has 1 nitrogen and oxygen atoms in total. The first kappa shape index (κ1) is 6.21. The largest absolute Gasteiger partial charge is 0.495 e. The van der Waals surface area contributed by atoms with E-state index >= 15 is 0 Å². The summed E-state index contributed by atoms with van der Waals surface area (Å²) in [6, 6.07) is 0. The molecule has 40 valence electrons. The summed E-state index contributed by atoms with van der Waals surface area (Å²) in [5, 5.41) is 0. The molecule has 2 heteroatoms. The van der Waals surface area contributed by atoms with Gasteiger partial charge in [-0.05, 0) is 0 Å². The Morgan fingerprint density at radius 2 is 2.43 bits per heavy atom. The molecule has 0 aromatic carbocycles. The molecule has 0 bridgehead atoms. The Morgan fingerprint density at radius 1 is 1.86 bits per heavy atom. The molecule has 0 heterocycles. The average Bonchev–Trinajstić information content (AvgIpc) is 1.61. The smallest absolute Gasteiger partial charge is 0.138 e. The summed E-state index contributed by atoms with van der Waals surface area (Å²) in [5.41, 5.74) is 0. The second kappa shape index (κ2) is 3.40. The van der Waals surface area contributed by atoms with Gasteiger partial charge in [-0.2, -0.15) is 0 Å². The van der Waals surface area contributed by atoms with Crippen LogP contribution >= 0.6 is 0 Å². The van der Waals surface area contributed by atoms with Gasteiger partial charge in [0.25, 0.3) is 0 Å². The highest BCUT2D eigenvalue weighted by molar-refractivity contribution is 4.79. The van der Waals surface area contributed by atoms with E-state index in [4.69, 9.17) is 0 Å². The van der Waals surface area contributed by atoms with Crippen LogP contribution in [-0.2, 0) is 4.74 Å². The molecule has 0 aliphatic rings. The SMILES string of the molecule is C=COCC(=C)F. The van der Waals surface area contributed by atoms with E-state index in [-0.39, 0.29) is 6.61 Å². The minimum Gasteiger partial charge on any atom is -0.495 e. The molecular formula is C5H7FO. The highest BCUT2D eigenvalue weighted by Crippen LogP contribution is 1.89. The molecule has 0 fully saturated rings. The predicted octanol–water partition coefficient (Wildman–Crippen LogP) is 1.63. The van der Waals surface area contributed by atoms with Crippen LogP contribution in [0, 0.1) is 0 Å². The van der Waals surface area contributed by atoms with Crippen molar-refractivity contribution in [1.82, 2.24) is 0 Å². The summed E-state index contributed by atoms with van der Waals surface area (Å²) in [7, 11) is 0. The van der Waals surface area contributed by atoms with E-state index in [1.165, 1.54) is 6.26 Å². The van der Waals surface area contributed by atoms with E-state index in [1.807, 2.05) is 0 Å². The molecule has 0 radical (unpaired) electrons. The third-order valence-corrected chi connectivity index (χ3v) is 0.358. The molecule has 0 aromatic rings. The van der Waals surface area contributed by atoms with Crippen molar-refractivity contribution >= 4 is 0 Å². The van der Waals surface area contributed by atoms with E-state index in [0.29, 0.717) is 0 Å². The third-order valence-electron chi connectivity index (χ3n) is 0.358. The van der Waals surface area contributed by atoms with Gasteiger partial charge in [0.15, 0.2) is 0 Å². The van der Waals surface area contributed by atoms with Crippen molar-refractivity contribution in [3.05, 3.63) is 25.2 Å². The van der Waals surface area contributed by atoms with Gasteiger partial charge >= 0.3 is 0 Å². The van der Waals surface area contributed by atoms with Gasteiger partial charge in [-0.25, -0.2) is 4.39 Å². The van der Waals surface area contributed by atoms with E-state index in [2.05, 4.69) is 17.9 Å². The monoisotopic (exact) mass is 102 g/mol. The highest BCUT2D eigenvalue weighted by Gasteiger charge is 1.82. The van der Waals surface area contributed by atoms with Crippen LogP contribution in [0.4, 0.5) is 4.39 Å². The number of halogens is 1. The topological polar surface area (TPSA) is 9.23 Å². The maximum absolute atomic E-state index is 11.5.